The third-order valence-electron chi connectivity index (χ3n) is 3.70. The van der Waals surface area contributed by atoms with Crippen molar-refractivity contribution in [3.05, 3.63) is 33.8 Å². The molecule has 20 heavy (non-hydrogen) atoms. The topological polar surface area (TPSA) is 46.3 Å². The molecule has 0 saturated carbocycles. The van der Waals surface area contributed by atoms with Crippen LogP contribution in [0.2, 0.25) is 10.0 Å². The molecule has 2 unspecified atom stereocenters. The van der Waals surface area contributed by atoms with E-state index in [1.54, 1.807) is 6.07 Å². The molecule has 2 rings (SSSR count). The molecule has 1 aromatic carbocycles. The standard InChI is InChI=1S/C15H20Cl2N2O/c1-9(2)19-14(20)5-3-4-13(18)15(19)10-6-11(16)8-12(17)7-10/h6-9,13,15H,3-5,18H2,1-2H3. The van der Waals surface area contributed by atoms with E-state index >= 15 is 0 Å². The number of hydrogen-bond donors (Lipinski definition) is 1. The van der Waals surface area contributed by atoms with Gasteiger partial charge in [-0.25, -0.2) is 0 Å². The van der Waals surface area contributed by atoms with E-state index in [4.69, 9.17) is 28.9 Å². The number of rotatable bonds is 2. The van der Waals surface area contributed by atoms with Crippen LogP contribution in [0.5, 0.6) is 0 Å². The van der Waals surface area contributed by atoms with Crippen molar-refractivity contribution >= 4 is 29.1 Å². The number of carbonyl (C=O) groups excluding carboxylic acids is 1. The molecule has 3 nitrogen and oxygen atoms in total. The van der Waals surface area contributed by atoms with Crippen molar-refractivity contribution in [1.82, 2.24) is 4.90 Å². The molecule has 1 aliphatic rings. The minimum absolute atomic E-state index is 0.0920. The average Bonchev–Trinajstić information content (AvgIpc) is 2.47. The highest BCUT2D eigenvalue weighted by Gasteiger charge is 2.34. The second kappa shape index (κ2) is 6.33. The fourth-order valence-corrected chi connectivity index (χ4v) is 3.44. The van der Waals surface area contributed by atoms with E-state index in [2.05, 4.69) is 0 Å². The van der Waals surface area contributed by atoms with Gasteiger partial charge in [0.25, 0.3) is 0 Å². The molecule has 0 bridgehead atoms. The van der Waals surface area contributed by atoms with Crippen molar-refractivity contribution in [2.24, 2.45) is 5.73 Å². The lowest BCUT2D eigenvalue weighted by Crippen LogP contribution is -2.45. The van der Waals surface area contributed by atoms with Crippen LogP contribution in [0.25, 0.3) is 0 Å². The van der Waals surface area contributed by atoms with Gasteiger partial charge in [-0.15, -0.1) is 0 Å². The number of amides is 1. The molecule has 1 aromatic rings. The number of nitrogens with zero attached hydrogens (tertiary/aromatic N) is 1. The SMILES string of the molecule is CC(C)N1C(=O)CCCC(N)C1c1cc(Cl)cc(Cl)c1. The average molecular weight is 315 g/mol. The van der Waals surface area contributed by atoms with Crippen molar-refractivity contribution in [3.63, 3.8) is 0 Å². The molecule has 2 atom stereocenters. The smallest absolute Gasteiger partial charge is 0.223 e. The third kappa shape index (κ3) is 3.27. The summed E-state index contributed by atoms with van der Waals surface area (Å²) in [5.41, 5.74) is 7.24. The molecule has 1 aliphatic heterocycles. The largest absolute Gasteiger partial charge is 0.332 e. The molecule has 1 amide bonds. The fraction of sp³-hybridized carbons (Fsp3) is 0.533. The number of nitrogens with two attached hydrogens (primary N) is 1. The van der Waals surface area contributed by atoms with Gasteiger partial charge in [-0.05, 0) is 50.5 Å². The number of likely N-dealkylation sites (tertiary alicyclic amines) is 1. The minimum atomic E-state index is -0.166. The van der Waals surface area contributed by atoms with E-state index in [0.717, 1.165) is 18.4 Å². The minimum Gasteiger partial charge on any atom is -0.332 e. The first kappa shape index (κ1) is 15.6. The maximum absolute atomic E-state index is 12.4. The Labute approximate surface area is 130 Å². The number of benzene rings is 1. The van der Waals surface area contributed by atoms with Gasteiger partial charge in [0, 0.05) is 28.5 Å². The Kier molecular flexibility index (Phi) is 4.95. The van der Waals surface area contributed by atoms with Gasteiger partial charge in [-0.3, -0.25) is 4.79 Å². The first-order valence-corrected chi connectivity index (χ1v) is 7.68. The molecule has 0 radical (unpaired) electrons. The lowest BCUT2D eigenvalue weighted by molar-refractivity contribution is -0.135. The second-order valence-corrected chi connectivity index (χ2v) is 6.47. The summed E-state index contributed by atoms with van der Waals surface area (Å²) in [6.45, 7) is 4.02. The van der Waals surface area contributed by atoms with E-state index in [1.807, 2.05) is 30.9 Å². The summed E-state index contributed by atoms with van der Waals surface area (Å²) in [5, 5.41) is 1.14. The van der Waals surface area contributed by atoms with Crippen molar-refractivity contribution < 1.29 is 4.79 Å². The molecule has 0 aliphatic carbocycles. The van der Waals surface area contributed by atoms with E-state index in [1.165, 1.54) is 0 Å². The zero-order valence-corrected chi connectivity index (χ0v) is 13.3. The molecular formula is C15H20Cl2N2O. The highest BCUT2D eigenvalue weighted by molar-refractivity contribution is 6.34. The number of hydrogen-bond acceptors (Lipinski definition) is 2. The Bertz CT molecular complexity index is 484. The van der Waals surface area contributed by atoms with Crippen LogP contribution in [0.1, 0.15) is 44.7 Å². The highest BCUT2D eigenvalue weighted by Crippen LogP contribution is 2.34. The molecule has 0 spiro atoms. The van der Waals surface area contributed by atoms with E-state index in [9.17, 15) is 4.79 Å². The van der Waals surface area contributed by atoms with E-state index < -0.39 is 0 Å². The molecule has 1 saturated heterocycles. The number of halogens is 2. The molecule has 2 N–H and O–H groups in total. The van der Waals surface area contributed by atoms with Gasteiger partial charge in [0.05, 0.1) is 6.04 Å². The fourth-order valence-electron chi connectivity index (χ4n) is 2.90. The van der Waals surface area contributed by atoms with Crippen LogP contribution in [-0.2, 0) is 4.79 Å². The lowest BCUT2D eigenvalue weighted by atomic mass is 9.95. The molecule has 1 heterocycles. The zero-order chi connectivity index (χ0) is 14.9. The van der Waals surface area contributed by atoms with Gasteiger partial charge in [0.1, 0.15) is 0 Å². The normalized spacial score (nSPS) is 24.1. The van der Waals surface area contributed by atoms with Crippen LogP contribution in [0.4, 0.5) is 0 Å². The summed E-state index contributed by atoms with van der Waals surface area (Å²) in [6.07, 6.45) is 2.20. The monoisotopic (exact) mass is 314 g/mol. The van der Waals surface area contributed by atoms with Gasteiger partial charge in [0.2, 0.25) is 5.91 Å². The molecule has 110 valence electrons. The quantitative estimate of drug-likeness (QED) is 0.903. The van der Waals surface area contributed by atoms with Crippen molar-refractivity contribution in [3.8, 4) is 0 Å². The Morgan fingerprint density at radius 1 is 1.25 bits per heavy atom. The third-order valence-corrected chi connectivity index (χ3v) is 4.14. The van der Waals surface area contributed by atoms with Crippen LogP contribution < -0.4 is 5.73 Å². The molecule has 5 heteroatoms. The molecule has 1 fully saturated rings. The summed E-state index contributed by atoms with van der Waals surface area (Å²) in [4.78, 5) is 14.2. The Morgan fingerprint density at radius 3 is 2.40 bits per heavy atom. The van der Waals surface area contributed by atoms with Crippen molar-refractivity contribution in [2.75, 3.05) is 0 Å². The van der Waals surface area contributed by atoms with Crippen LogP contribution >= 0.6 is 23.2 Å². The van der Waals surface area contributed by atoms with Gasteiger partial charge >= 0.3 is 0 Å². The maximum atomic E-state index is 12.4. The van der Waals surface area contributed by atoms with Crippen LogP contribution in [-0.4, -0.2) is 22.9 Å². The maximum Gasteiger partial charge on any atom is 0.223 e. The van der Waals surface area contributed by atoms with Crippen LogP contribution in [0, 0.1) is 0 Å². The second-order valence-electron chi connectivity index (χ2n) is 5.60. The Morgan fingerprint density at radius 2 is 1.85 bits per heavy atom. The van der Waals surface area contributed by atoms with Crippen LogP contribution in [0.15, 0.2) is 18.2 Å². The van der Waals surface area contributed by atoms with Crippen molar-refractivity contribution in [1.29, 1.82) is 0 Å². The van der Waals surface area contributed by atoms with E-state index in [-0.39, 0.29) is 24.0 Å². The lowest BCUT2D eigenvalue weighted by Gasteiger charge is -2.37. The van der Waals surface area contributed by atoms with E-state index in [0.29, 0.717) is 16.5 Å². The van der Waals surface area contributed by atoms with Gasteiger partial charge < -0.3 is 10.6 Å². The highest BCUT2D eigenvalue weighted by atomic mass is 35.5. The molecular weight excluding hydrogens is 295 g/mol. The van der Waals surface area contributed by atoms with Crippen LogP contribution in [0.3, 0.4) is 0 Å². The Balaban J connectivity index is 2.48. The predicted octanol–water partition coefficient (Wildman–Crippen LogP) is 3.78. The summed E-state index contributed by atoms with van der Waals surface area (Å²) >= 11 is 12.2. The summed E-state index contributed by atoms with van der Waals surface area (Å²) in [7, 11) is 0. The summed E-state index contributed by atoms with van der Waals surface area (Å²) < 4.78 is 0. The van der Waals surface area contributed by atoms with Gasteiger partial charge in [0.15, 0.2) is 0 Å². The predicted molar refractivity (Wildman–Crippen MR) is 83.0 cm³/mol. The Hall–Kier alpha value is -0.770. The zero-order valence-electron chi connectivity index (χ0n) is 11.8. The van der Waals surface area contributed by atoms with Gasteiger partial charge in [-0.2, -0.15) is 0 Å². The van der Waals surface area contributed by atoms with Gasteiger partial charge in [-0.1, -0.05) is 23.2 Å². The van der Waals surface area contributed by atoms with Crippen molar-refractivity contribution in [2.45, 2.75) is 51.2 Å². The summed E-state index contributed by atoms with van der Waals surface area (Å²) in [6, 6.07) is 5.22. The first-order valence-electron chi connectivity index (χ1n) is 6.93. The summed E-state index contributed by atoms with van der Waals surface area (Å²) in [5.74, 6) is 0.147. The molecule has 0 aromatic heterocycles. The number of carbonyl (C=O) groups is 1. The first-order chi connectivity index (χ1) is 9.40.